The zero-order chi connectivity index (χ0) is 18.3. The minimum atomic E-state index is -0.799. The van der Waals surface area contributed by atoms with Crippen LogP contribution < -0.4 is 4.74 Å². The Labute approximate surface area is 157 Å². The molecule has 2 aromatic carbocycles. The molecule has 4 rings (SSSR count). The lowest BCUT2D eigenvalue weighted by atomic mass is 9.87. The first kappa shape index (κ1) is 17.5. The number of hydrogen-bond acceptors (Lipinski definition) is 2. The van der Waals surface area contributed by atoms with E-state index in [1.54, 1.807) is 18.2 Å². The number of piperidine rings is 1. The summed E-state index contributed by atoms with van der Waals surface area (Å²) in [5.41, 5.74) is 1.75. The molecule has 1 unspecified atom stereocenters. The van der Waals surface area contributed by atoms with Crippen molar-refractivity contribution in [3.05, 3.63) is 70.0 Å². The Bertz CT molecular complexity index is 859. The zero-order valence-electron chi connectivity index (χ0n) is 14.5. The number of ether oxygens (including phenoxy) is 1. The van der Waals surface area contributed by atoms with Crippen LogP contribution >= 0.6 is 11.6 Å². The Kier molecular flexibility index (Phi) is 4.72. The molecule has 2 heterocycles. The Hall–Kier alpha value is -1.91. The molecule has 0 aromatic heterocycles. The van der Waals surface area contributed by atoms with Crippen LogP contribution in [0, 0.1) is 5.82 Å². The van der Waals surface area contributed by atoms with Gasteiger partial charge in [-0.2, -0.15) is 0 Å². The lowest BCUT2D eigenvalue weighted by Crippen LogP contribution is -2.29. The fourth-order valence-corrected chi connectivity index (χ4v) is 3.94. The van der Waals surface area contributed by atoms with Crippen LogP contribution in [-0.2, 0) is 0 Å². The van der Waals surface area contributed by atoms with E-state index in [2.05, 4.69) is 11.9 Å². The molecule has 0 aliphatic carbocycles. The number of halogens is 3. The molecule has 1 saturated heterocycles. The van der Waals surface area contributed by atoms with Crippen molar-refractivity contribution >= 4 is 17.4 Å². The second-order valence-electron chi connectivity index (χ2n) is 7.02. The molecule has 2 aliphatic heterocycles. The molecular weight excluding hydrogens is 356 g/mol. The Morgan fingerprint density at radius 1 is 1.08 bits per heavy atom. The highest BCUT2D eigenvalue weighted by atomic mass is 35.5. The molecule has 2 aliphatic rings. The third-order valence-electron chi connectivity index (χ3n) is 5.27. The summed E-state index contributed by atoms with van der Waals surface area (Å²) in [7, 11) is 2.11. The minimum absolute atomic E-state index is 0.286. The van der Waals surface area contributed by atoms with E-state index in [4.69, 9.17) is 16.3 Å². The molecule has 0 N–H and O–H groups in total. The molecule has 0 radical (unpaired) electrons. The monoisotopic (exact) mass is 375 g/mol. The second kappa shape index (κ2) is 7.01. The van der Waals surface area contributed by atoms with Crippen LogP contribution in [0.1, 0.15) is 41.6 Å². The topological polar surface area (TPSA) is 12.5 Å². The number of rotatable bonds is 2. The summed E-state index contributed by atoms with van der Waals surface area (Å²) in [6.45, 7) is 2.00. The molecule has 0 bridgehead atoms. The summed E-state index contributed by atoms with van der Waals surface area (Å²) in [4.78, 5) is 2.29. The SMILES string of the molecule is CN1CCC(c2cccc3c2OC(c2ccc(Cl)cc2F)C=C3F)CC1. The van der Waals surface area contributed by atoms with Gasteiger partial charge >= 0.3 is 0 Å². The first-order valence-electron chi connectivity index (χ1n) is 8.83. The standard InChI is InChI=1S/C21H20ClF2NO/c1-25-9-7-13(8-10-25)15-3-2-4-17-19(24)12-20(26-21(15)17)16-6-5-14(22)11-18(16)23/h2-6,11-13,20H,7-10H2,1H3. The molecule has 2 nitrogen and oxygen atoms in total. The van der Waals surface area contributed by atoms with Gasteiger partial charge in [0.05, 0.1) is 5.56 Å². The highest BCUT2D eigenvalue weighted by Crippen LogP contribution is 2.44. The molecule has 2 aromatic rings. The predicted molar refractivity (Wildman–Crippen MR) is 99.8 cm³/mol. The van der Waals surface area contributed by atoms with E-state index < -0.39 is 11.9 Å². The fourth-order valence-electron chi connectivity index (χ4n) is 3.78. The van der Waals surface area contributed by atoms with Crippen LogP contribution in [0.3, 0.4) is 0 Å². The average Bonchev–Trinajstić information content (AvgIpc) is 2.62. The van der Waals surface area contributed by atoms with Crippen molar-refractivity contribution in [2.24, 2.45) is 0 Å². The van der Waals surface area contributed by atoms with Gasteiger partial charge in [0.1, 0.15) is 23.5 Å². The van der Waals surface area contributed by atoms with Gasteiger partial charge in [0.25, 0.3) is 0 Å². The quantitative estimate of drug-likeness (QED) is 0.664. The van der Waals surface area contributed by atoms with Crippen molar-refractivity contribution in [1.29, 1.82) is 0 Å². The van der Waals surface area contributed by atoms with E-state index >= 15 is 0 Å². The minimum Gasteiger partial charge on any atom is -0.480 e. The van der Waals surface area contributed by atoms with Gasteiger partial charge in [-0.3, -0.25) is 0 Å². The first-order chi connectivity index (χ1) is 12.5. The lowest BCUT2D eigenvalue weighted by molar-refractivity contribution is 0.226. The molecule has 0 spiro atoms. The molecule has 0 saturated carbocycles. The summed E-state index contributed by atoms with van der Waals surface area (Å²) in [5, 5.41) is 0.305. The van der Waals surface area contributed by atoms with Gasteiger partial charge in [-0.15, -0.1) is 0 Å². The van der Waals surface area contributed by atoms with Crippen LogP contribution in [0.4, 0.5) is 8.78 Å². The number of para-hydroxylation sites is 1. The number of fused-ring (bicyclic) bond motifs is 1. The van der Waals surface area contributed by atoms with Crippen molar-refractivity contribution in [1.82, 2.24) is 4.90 Å². The lowest BCUT2D eigenvalue weighted by Gasteiger charge is -2.32. The van der Waals surface area contributed by atoms with Crippen molar-refractivity contribution in [2.45, 2.75) is 24.9 Å². The zero-order valence-corrected chi connectivity index (χ0v) is 15.3. The largest absolute Gasteiger partial charge is 0.480 e. The highest BCUT2D eigenvalue weighted by molar-refractivity contribution is 6.30. The van der Waals surface area contributed by atoms with Crippen LogP contribution in [0.25, 0.3) is 5.83 Å². The summed E-state index contributed by atoms with van der Waals surface area (Å²) >= 11 is 5.83. The van der Waals surface area contributed by atoms with Crippen LogP contribution in [0.2, 0.25) is 5.02 Å². The molecular formula is C21H20ClF2NO. The van der Waals surface area contributed by atoms with Gasteiger partial charge in [0.2, 0.25) is 0 Å². The predicted octanol–water partition coefficient (Wildman–Crippen LogP) is 5.73. The summed E-state index contributed by atoms with van der Waals surface area (Å²) in [5.74, 6) is -0.00341. The van der Waals surface area contributed by atoms with Gasteiger partial charge in [0.15, 0.2) is 0 Å². The van der Waals surface area contributed by atoms with Crippen molar-refractivity contribution in [3.63, 3.8) is 0 Å². The number of nitrogens with zero attached hydrogens (tertiary/aromatic N) is 1. The molecule has 0 amide bonds. The van der Waals surface area contributed by atoms with E-state index in [0.717, 1.165) is 31.5 Å². The summed E-state index contributed by atoms with van der Waals surface area (Å²) in [6.07, 6.45) is 2.53. The van der Waals surface area contributed by atoms with Gasteiger partial charge < -0.3 is 9.64 Å². The van der Waals surface area contributed by atoms with Crippen molar-refractivity contribution in [2.75, 3.05) is 20.1 Å². The summed E-state index contributed by atoms with van der Waals surface area (Å²) < 4.78 is 35.2. The van der Waals surface area contributed by atoms with E-state index in [9.17, 15) is 8.78 Å². The maximum absolute atomic E-state index is 14.8. The number of benzene rings is 2. The Balaban J connectivity index is 1.71. The number of hydrogen-bond donors (Lipinski definition) is 0. The van der Waals surface area contributed by atoms with Gasteiger partial charge in [-0.25, -0.2) is 8.78 Å². The normalized spacial score (nSPS) is 21.1. The van der Waals surface area contributed by atoms with E-state index in [1.165, 1.54) is 12.1 Å². The van der Waals surface area contributed by atoms with Crippen LogP contribution in [0.15, 0.2) is 42.5 Å². The molecule has 1 fully saturated rings. The Morgan fingerprint density at radius 2 is 1.85 bits per heavy atom. The molecule has 136 valence electrons. The molecule has 26 heavy (non-hydrogen) atoms. The first-order valence-corrected chi connectivity index (χ1v) is 9.21. The third kappa shape index (κ3) is 3.24. The second-order valence-corrected chi connectivity index (χ2v) is 7.46. The van der Waals surface area contributed by atoms with Gasteiger partial charge in [-0.1, -0.05) is 29.8 Å². The third-order valence-corrected chi connectivity index (χ3v) is 5.51. The van der Waals surface area contributed by atoms with E-state index in [0.29, 0.717) is 22.3 Å². The van der Waals surface area contributed by atoms with E-state index in [-0.39, 0.29) is 11.4 Å². The Morgan fingerprint density at radius 3 is 2.58 bits per heavy atom. The van der Waals surface area contributed by atoms with Crippen molar-refractivity contribution < 1.29 is 13.5 Å². The van der Waals surface area contributed by atoms with Gasteiger partial charge in [-0.05, 0) is 68.7 Å². The average molecular weight is 376 g/mol. The van der Waals surface area contributed by atoms with Crippen LogP contribution in [0.5, 0.6) is 5.75 Å². The number of likely N-dealkylation sites (tertiary alicyclic amines) is 1. The smallest absolute Gasteiger partial charge is 0.148 e. The maximum Gasteiger partial charge on any atom is 0.148 e. The molecule has 5 heteroatoms. The summed E-state index contributed by atoms with van der Waals surface area (Å²) in [6, 6.07) is 9.95. The van der Waals surface area contributed by atoms with E-state index in [1.807, 2.05) is 12.1 Å². The maximum atomic E-state index is 14.8. The fraction of sp³-hybridized carbons (Fsp3) is 0.333. The van der Waals surface area contributed by atoms with Crippen molar-refractivity contribution in [3.8, 4) is 5.75 Å². The highest BCUT2D eigenvalue weighted by Gasteiger charge is 2.29. The van der Waals surface area contributed by atoms with Gasteiger partial charge in [0, 0.05) is 10.6 Å². The van der Waals surface area contributed by atoms with Crippen LogP contribution in [-0.4, -0.2) is 25.0 Å². The molecule has 1 atom stereocenters.